The van der Waals surface area contributed by atoms with E-state index in [1.54, 1.807) is 0 Å². The summed E-state index contributed by atoms with van der Waals surface area (Å²) in [6.45, 7) is 6.99. The van der Waals surface area contributed by atoms with E-state index in [1.165, 1.54) is 60.1 Å². The van der Waals surface area contributed by atoms with Crippen molar-refractivity contribution >= 4 is 49.3 Å². The summed E-state index contributed by atoms with van der Waals surface area (Å²) in [6.07, 6.45) is 4.30. The Morgan fingerprint density at radius 2 is 1.28 bits per heavy atom. The first-order chi connectivity index (χ1) is 19.1. The molecule has 0 aliphatic carbocycles. The van der Waals surface area contributed by atoms with Crippen LogP contribution >= 0.6 is 17.0 Å². The van der Waals surface area contributed by atoms with Crippen molar-refractivity contribution in [2.75, 3.05) is 0 Å². The molecule has 196 valence electrons. The van der Waals surface area contributed by atoms with Gasteiger partial charge in [0.1, 0.15) is 0 Å². The molecule has 6 rings (SSSR count). The fourth-order valence-electron chi connectivity index (χ4n) is 6.83. The molecule has 3 heteroatoms. The second-order valence-corrected chi connectivity index (χ2v) is 14.1. The Hall–Kier alpha value is -2.18. The topological polar surface area (TPSA) is 0 Å². The number of aryl methyl sites for hydroxylation is 3. The van der Waals surface area contributed by atoms with E-state index in [9.17, 15) is 0 Å². The summed E-state index contributed by atoms with van der Waals surface area (Å²) < 4.78 is 0. The molecule has 0 spiro atoms. The third-order valence-corrected chi connectivity index (χ3v) is 8.70. The van der Waals surface area contributed by atoms with Crippen LogP contribution in [0.15, 0.2) is 103 Å². The van der Waals surface area contributed by atoms with Crippen LogP contribution in [0.3, 0.4) is 0 Å². The van der Waals surface area contributed by atoms with Crippen molar-refractivity contribution in [3.05, 3.63) is 131 Å². The number of fused-ring (bicyclic) bond motifs is 4. The summed E-state index contributed by atoms with van der Waals surface area (Å²) in [5.74, 6) is 0. The van der Waals surface area contributed by atoms with Crippen LogP contribution < -0.4 is 0 Å². The second-order valence-electron chi connectivity index (χ2n) is 10.4. The molecule has 6 aromatic carbocycles. The maximum atomic E-state index is 4.93. The number of rotatable bonds is 7. The number of hydrogen-bond acceptors (Lipinski definition) is 0. The van der Waals surface area contributed by atoms with Gasteiger partial charge in [-0.2, -0.15) is 5.56 Å². The molecule has 0 atom stereocenters. The number of halogens is 2. The van der Waals surface area contributed by atoms with E-state index in [4.69, 9.17) is 17.0 Å². The predicted octanol–water partition coefficient (Wildman–Crippen LogP) is 11.2. The van der Waals surface area contributed by atoms with Gasteiger partial charge in [-0.25, -0.2) is 0 Å². The predicted molar refractivity (Wildman–Crippen MR) is 168 cm³/mol. The molecular weight excluding hydrogens is 595 g/mol. The van der Waals surface area contributed by atoms with Gasteiger partial charge in [0.05, 0.1) is 0 Å². The minimum absolute atomic E-state index is 0.0307. The molecule has 0 aliphatic rings. The molecule has 0 heterocycles. The summed E-state index contributed by atoms with van der Waals surface area (Å²) in [5.41, 5.74) is 7.37. The molecule has 0 saturated carbocycles. The zero-order valence-electron chi connectivity index (χ0n) is 22.9. The maximum absolute atomic E-state index is 4.93. The van der Waals surface area contributed by atoms with E-state index < -0.39 is 20.8 Å². The first-order valence-corrected chi connectivity index (χ1v) is 20.2. The zero-order chi connectivity index (χ0) is 27.4. The van der Waals surface area contributed by atoms with Gasteiger partial charge in [0.15, 0.2) is 0 Å². The third-order valence-electron chi connectivity index (χ3n) is 8.70. The van der Waals surface area contributed by atoms with Crippen molar-refractivity contribution in [3.63, 3.8) is 0 Å². The van der Waals surface area contributed by atoms with Crippen molar-refractivity contribution in [1.29, 1.82) is 0 Å². The summed E-state index contributed by atoms with van der Waals surface area (Å²) >= 11 is -0.826. The fraction of sp³-hybridized carbons (Fsp3) is 0.222. The number of benzene rings is 4. The van der Waals surface area contributed by atoms with Gasteiger partial charge in [-0.1, -0.05) is 93.1 Å². The Balaban J connectivity index is 0.000000983. The number of hydrogen-bond donors (Lipinski definition) is 0. The van der Waals surface area contributed by atoms with Crippen molar-refractivity contribution in [2.45, 2.75) is 51.9 Å². The molecule has 0 aromatic heterocycles. The monoisotopic (exact) mass is 626 g/mol. The second kappa shape index (κ2) is 12.6. The Labute approximate surface area is 251 Å². The van der Waals surface area contributed by atoms with Gasteiger partial charge >= 0.3 is 37.9 Å². The van der Waals surface area contributed by atoms with Gasteiger partial charge in [-0.3, -0.25) is 0 Å². The normalized spacial score (nSPS) is 11.5. The van der Waals surface area contributed by atoms with Gasteiger partial charge in [0.2, 0.25) is 0 Å². The zero-order valence-corrected chi connectivity index (χ0v) is 26.9. The first kappa shape index (κ1) is 28.4. The van der Waals surface area contributed by atoms with Crippen molar-refractivity contribution in [2.24, 2.45) is 0 Å². The minimum atomic E-state index is -0.826. The molecule has 39 heavy (non-hydrogen) atoms. The fourth-order valence-corrected chi connectivity index (χ4v) is 6.83. The van der Waals surface area contributed by atoms with Gasteiger partial charge in [0.25, 0.3) is 0 Å². The molecule has 0 N–H and O–H groups in total. The quantitative estimate of drug-likeness (QED) is 0.154. The van der Waals surface area contributed by atoms with Crippen LogP contribution in [0.25, 0.3) is 32.3 Å². The van der Waals surface area contributed by atoms with E-state index >= 15 is 0 Å². The standard InChI is InChI=1S/C36H34.2ClH.Zr/c1-4-36(5-2,34-21-13-6-14-25(34)3)35-24-26(27-15-7-12-20-33(27)35)22-23-32-30-18-10-8-16-28(30)29-17-9-11-19-31(29)32;;;/h6-21,24H,4-5,22-23H2,1-3H3;2*1H;/q-2;;;+4/p-2. The molecule has 0 saturated heterocycles. The summed E-state index contributed by atoms with van der Waals surface area (Å²) in [6, 6.07) is 38.5. The molecule has 0 radical (unpaired) electrons. The van der Waals surface area contributed by atoms with Gasteiger partial charge in [-0.05, 0) is 29.9 Å². The molecule has 0 bridgehead atoms. The molecule has 0 fully saturated rings. The Morgan fingerprint density at radius 3 is 2.00 bits per heavy atom. The SMILES string of the molecule is CCC(CC)(c1ccccc1C)[c-]1cc(CCc2c3ccccc3c3cccc[c-]23)c2ccccc21.[Cl][Zr+2][Cl]. The molecule has 0 unspecified atom stereocenters. The average molecular weight is 629 g/mol. The molecule has 6 aromatic rings. The van der Waals surface area contributed by atoms with E-state index in [-0.39, 0.29) is 5.41 Å². The Morgan fingerprint density at radius 1 is 0.692 bits per heavy atom. The summed E-state index contributed by atoms with van der Waals surface area (Å²) in [7, 11) is 9.87. The van der Waals surface area contributed by atoms with Crippen LogP contribution in [0.1, 0.15) is 54.5 Å². The van der Waals surface area contributed by atoms with Crippen LogP contribution in [0.2, 0.25) is 0 Å². The third kappa shape index (κ3) is 5.19. The van der Waals surface area contributed by atoms with Gasteiger partial charge in [0, 0.05) is 0 Å². The van der Waals surface area contributed by atoms with Crippen molar-refractivity contribution in [1.82, 2.24) is 0 Å². The van der Waals surface area contributed by atoms with Crippen LogP contribution in [-0.2, 0) is 39.1 Å². The van der Waals surface area contributed by atoms with E-state index in [0.29, 0.717) is 0 Å². The van der Waals surface area contributed by atoms with E-state index in [2.05, 4.69) is 124 Å². The summed E-state index contributed by atoms with van der Waals surface area (Å²) in [4.78, 5) is 0. The van der Waals surface area contributed by atoms with Gasteiger partial charge < -0.3 is 0 Å². The van der Waals surface area contributed by atoms with Crippen LogP contribution in [0, 0.1) is 6.92 Å². The van der Waals surface area contributed by atoms with Crippen LogP contribution in [0.5, 0.6) is 0 Å². The van der Waals surface area contributed by atoms with Crippen LogP contribution in [-0.4, -0.2) is 0 Å². The van der Waals surface area contributed by atoms with E-state index in [0.717, 1.165) is 25.7 Å². The first-order valence-electron chi connectivity index (χ1n) is 13.8. The summed E-state index contributed by atoms with van der Waals surface area (Å²) in [5, 5.41) is 8.43. The van der Waals surface area contributed by atoms with Gasteiger partial charge in [-0.15, -0.1) is 86.6 Å². The Kier molecular flexibility index (Phi) is 9.13. The molecule has 0 amide bonds. The molecular formula is C36H34Cl2Zr. The van der Waals surface area contributed by atoms with Crippen molar-refractivity contribution < 1.29 is 20.8 Å². The van der Waals surface area contributed by atoms with Crippen LogP contribution in [0.4, 0.5) is 0 Å². The average Bonchev–Trinajstić information content (AvgIpc) is 3.50. The molecule has 0 aliphatic heterocycles. The van der Waals surface area contributed by atoms with Crippen molar-refractivity contribution in [3.8, 4) is 0 Å². The molecule has 0 nitrogen and oxygen atoms in total. The Bertz CT molecular complexity index is 1650. The van der Waals surface area contributed by atoms with E-state index in [1.807, 2.05) is 0 Å².